The van der Waals surface area contributed by atoms with E-state index in [1.54, 1.807) is 6.20 Å². The van der Waals surface area contributed by atoms with Crippen LogP contribution >= 0.6 is 0 Å². The summed E-state index contributed by atoms with van der Waals surface area (Å²) in [4.78, 5) is 31.6. The fraction of sp³-hybridized carbons (Fsp3) is 0.261. The van der Waals surface area contributed by atoms with Crippen LogP contribution in [-0.4, -0.2) is 34.8 Å². The van der Waals surface area contributed by atoms with Gasteiger partial charge in [0, 0.05) is 18.5 Å². The normalized spacial score (nSPS) is 16.7. The number of anilines is 1. The minimum Gasteiger partial charge on any atom is -0.342 e. The lowest BCUT2D eigenvalue weighted by Gasteiger charge is -2.32. The second kappa shape index (κ2) is 8.21. The van der Waals surface area contributed by atoms with E-state index in [2.05, 4.69) is 10.3 Å². The van der Waals surface area contributed by atoms with E-state index in [-0.39, 0.29) is 17.7 Å². The molecule has 5 nitrogen and oxygen atoms in total. The molecule has 1 unspecified atom stereocenters. The molecule has 1 N–H and O–H groups in total. The molecule has 0 radical (unpaired) electrons. The van der Waals surface area contributed by atoms with Crippen molar-refractivity contribution in [2.75, 3.05) is 18.4 Å². The van der Waals surface area contributed by atoms with Gasteiger partial charge in [0.1, 0.15) is 0 Å². The van der Waals surface area contributed by atoms with Gasteiger partial charge < -0.3 is 10.2 Å². The molecule has 5 heteroatoms. The number of hydrogen-bond acceptors (Lipinski definition) is 3. The van der Waals surface area contributed by atoms with Crippen molar-refractivity contribution < 1.29 is 9.59 Å². The van der Waals surface area contributed by atoms with Gasteiger partial charge in [-0.2, -0.15) is 0 Å². The van der Waals surface area contributed by atoms with Gasteiger partial charge in [-0.15, -0.1) is 0 Å². The van der Waals surface area contributed by atoms with E-state index in [0.717, 1.165) is 29.3 Å². The van der Waals surface area contributed by atoms with E-state index in [9.17, 15) is 9.59 Å². The Hall–Kier alpha value is -3.21. The van der Waals surface area contributed by atoms with Crippen molar-refractivity contribution in [3.63, 3.8) is 0 Å². The average molecular weight is 373 g/mol. The van der Waals surface area contributed by atoms with Crippen LogP contribution in [0.4, 0.5) is 5.69 Å². The molecule has 1 aromatic heterocycles. The number of nitrogens with zero attached hydrogens (tertiary/aromatic N) is 2. The molecule has 2 aromatic carbocycles. The third kappa shape index (κ3) is 4.19. The van der Waals surface area contributed by atoms with Crippen molar-refractivity contribution in [1.82, 2.24) is 9.88 Å². The summed E-state index contributed by atoms with van der Waals surface area (Å²) in [7, 11) is 0. The Labute approximate surface area is 164 Å². The van der Waals surface area contributed by atoms with Gasteiger partial charge in [-0.1, -0.05) is 48.5 Å². The third-order valence-corrected chi connectivity index (χ3v) is 5.20. The van der Waals surface area contributed by atoms with Crippen LogP contribution in [0.25, 0.3) is 10.9 Å². The van der Waals surface area contributed by atoms with Crippen LogP contribution in [0.3, 0.4) is 0 Å². The van der Waals surface area contributed by atoms with E-state index in [4.69, 9.17) is 0 Å². The van der Waals surface area contributed by atoms with Gasteiger partial charge in [-0.25, -0.2) is 0 Å². The Morgan fingerprint density at radius 3 is 2.71 bits per heavy atom. The molecule has 1 aliphatic heterocycles. The molecule has 1 atom stereocenters. The van der Waals surface area contributed by atoms with Crippen molar-refractivity contribution in [3.8, 4) is 0 Å². The quantitative estimate of drug-likeness (QED) is 0.759. The number of carbonyl (C=O) groups is 2. The minimum absolute atomic E-state index is 0.0470. The summed E-state index contributed by atoms with van der Waals surface area (Å²) >= 11 is 0. The van der Waals surface area contributed by atoms with Crippen molar-refractivity contribution in [3.05, 3.63) is 72.4 Å². The molecule has 2 amide bonds. The molecule has 0 spiro atoms. The molecule has 1 saturated heterocycles. The molecule has 3 aromatic rings. The highest BCUT2D eigenvalue weighted by Crippen LogP contribution is 2.21. The van der Waals surface area contributed by atoms with Crippen molar-refractivity contribution in [2.24, 2.45) is 5.92 Å². The molecule has 0 aliphatic carbocycles. The maximum atomic E-state index is 12.8. The zero-order chi connectivity index (χ0) is 19.3. The maximum absolute atomic E-state index is 12.8. The standard InChI is InChI=1S/C23H23N3O2/c27-22(13-17-7-2-1-3-8-17)26-12-6-10-19(16-26)23(28)25-20-14-18-9-4-5-11-21(18)24-15-20/h1-5,7-9,11,14-15,19H,6,10,12-13,16H2,(H,25,28). The molecule has 4 rings (SSSR count). The monoisotopic (exact) mass is 373 g/mol. The second-order valence-corrected chi connectivity index (χ2v) is 7.25. The van der Waals surface area contributed by atoms with Crippen LogP contribution in [-0.2, 0) is 16.0 Å². The van der Waals surface area contributed by atoms with Gasteiger partial charge in [0.15, 0.2) is 0 Å². The smallest absolute Gasteiger partial charge is 0.229 e. The van der Waals surface area contributed by atoms with Crippen LogP contribution in [0.1, 0.15) is 18.4 Å². The first-order valence-electron chi connectivity index (χ1n) is 9.66. The predicted octanol–water partition coefficient (Wildman–Crippen LogP) is 3.65. The first-order valence-corrected chi connectivity index (χ1v) is 9.66. The molecule has 0 bridgehead atoms. The summed E-state index contributed by atoms with van der Waals surface area (Å²) < 4.78 is 0. The predicted molar refractivity (Wildman–Crippen MR) is 110 cm³/mol. The SMILES string of the molecule is O=C(Nc1cnc2ccccc2c1)C1CCCN(C(=O)Cc2ccccc2)C1. The second-order valence-electron chi connectivity index (χ2n) is 7.25. The number of para-hydroxylation sites is 1. The maximum Gasteiger partial charge on any atom is 0.229 e. The van der Waals surface area contributed by atoms with Crippen LogP contribution in [0.15, 0.2) is 66.9 Å². The van der Waals surface area contributed by atoms with E-state index < -0.39 is 0 Å². The molecular formula is C23H23N3O2. The molecule has 28 heavy (non-hydrogen) atoms. The van der Waals surface area contributed by atoms with Crippen LogP contribution < -0.4 is 5.32 Å². The van der Waals surface area contributed by atoms with Crippen molar-refractivity contribution >= 4 is 28.4 Å². The fourth-order valence-electron chi connectivity index (χ4n) is 3.68. The van der Waals surface area contributed by atoms with E-state index in [1.165, 1.54) is 0 Å². The first kappa shape index (κ1) is 18.2. The summed E-state index contributed by atoms with van der Waals surface area (Å²) in [6.45, 7) is 1.19. The largest absolute Gasteiger partial charge is 0.342 e. The van der Waals surface area contributed by atoms with Crippen LogP contribution in [0.5, 0.6) is 0 Å². The summed E-state index contributed by atoms with van der Waals surface area (Å²) in [6.07, 6.45) is 3.70. The number of nitrogens with one attached hydrogen (secondary N) is 1. The summed E-state index contributed by atoms with van der Waals surface area (Å²) in [5.74, 6) is -0.162. The average Bonchev–Trinajstić information content (AvgIpc) is 2.74. The number of amides is 2. The van der Waals surface area contributed by atoms with Gasteiger partial charge >= 0.3 is 0 Å². The first-order chi connectivity index (χ1) is 13.7. The highest BCUT2D eigenvalue weighted by atomic mass is 16.2. The van der Waals surface area contributed by atoms with Crippen LogP contribution in [0, 0.1) is 5.92 Å². The molecule has 2 heterocycles. The van der Waals surface area contributed by atoms with Gasteiger partial charge in [0.05, 0.1) is 29.7 Å². The van der Waals surface area contributed by atoms with Gasteiger partial charge in [-0.05, 0) is 30.5 Å². The summed E-state index contributed by atoms with van der Waals surface area (Å²) in [6, 6.07) is 19.5. The number of likely N-dealkylation sites (tertiary alicyclic amines) is 1. The molecular weight excluding hydrogens is 350 g/mol. The van der Waals surface area contributed by atoms with Crippen LogP contribution in [0.2, 0.25) is 0 Å². The molecule has 1 fully saturated rings. The molecule has 1 aliphatic rings. The Morgan fingerprint density at radius 2 is 1.86 bits per heavy atom. The number of benzene rings is 2. The van der Waals surface area contributed by atoms with E-state index in [0.29, 0.717) is 25.2 Å². The van der Waals surface area contributed by atoms with Gasteiger partial charge in [-0.3, -0.25) is 14.6 Å². The van der Waals surface area contributed by atoms with Crippen molar-refractivity contribution in [2.45, 2.75) is 19.3 Å². The zero-order valence-electron chi connectivity index (χ0n) is 15.7. The third-order valence-electron chi connectivity index (χ3n) is 5.20. The lowest BCUT2D eigenvalue weighted by Crippen LogP contribution is -2.44. The van der Waals surface area contributed by atoms with Gasteiger partial charge in [0.2, 0.25) is 11.8 Å². The number of pyridine rings is 1. The Kier molecular flexibility index (Phi) is 5.33. The number of fused-ring (bicyclic) bond motifs is 1. The lowest BCUT2D eigenvalue weighted by atomic mass is 9.96. The minimum atomic E-state index is -0.194. The zero-order valence-corrected chi connectivity index (χ0v) is 15.7. The molecule has 142 valence electrons. The highest BCUT2D eigenvalue weighted by molar-refractivity contribution is 5.95. The molecule has 0 saturated carbocycles. The Balaban J connectivity index is 1.39. The summed E-state index contributed by atoms with van der Waals surface area (Å²) in [5.41, 5.74) is 2.59. The number of hydrogen-bond donors (Lipinski definition) is 1. The Morgan fingerprint density at radius 1 is 1.07 bits per heavy atom. The fourth-order valence-corrected chi connectivity index (χ4v) is 3.68. The Bertz CT molecular complexity index is 987. The number of carbonyl (C=O) groups excluding carboxylic acids is 2. The number of rotatable bonds is 4. The lowest BCUT2D eigenvalue weighted by molar-refractivity contribution is -0.133. The highest BCUT2D eigenvalue weighted by Gasteiger charge is 2.28. The van der Waals surface area contributed by atoms with Gasteiger partial charge in [0.25, 0.3) is 0 Å². The van der Waals surface area contributed by atoms with E-state index >= 15 is 0 Å². The summed E-state index contributed by atoms with van der Waals surface area (Å²) in [5, 5.41) is 3.96. The van der Waals surface area contributed by atoms with Crippen molar-refractivity contribution in [1.29, 1.82) is 0 Å². The van der Waals surface area contributed by atoms with E-state index in [1.807, 2.05) is 65.6 Å². The number of aromatic nitrogens is 1. The number of piperidine rings is 1. The topological polar surface area (TPSA) is 62.3 Å².